The predicted octanol–water partition coefficient (Wildman–Crippen LogP) is 3.44. The number of aryl methyl sites for hydroxylation is 1. The highest BCUT2D eigenvalue weighted by Gasteiger charge is 2.24. The fourth-order valence-electron chi connectivity index (χ4n) is 4.02. The summed E-state index contributed by atoms with van der Waals surface area (Å²) < 4.78 is 1.68. The number of rotatable bonds is 8. The standard InChI is InChI=1S/C23H26N6O3S/c1-3-19(28-11-10-16-6-4-5-7-18(16)14-28)13-24-22(30)17-8-9-21(20(12-17)29(31)32)33-23-26-25-15-27(23)2/h4-9,12,15,19H,3,10-11,13-14H2,1-2H3,(H,24,30). The van der Waals surface area contributed by atoms with E-state index in [2.05, 4.69) is 51.6 Å². The minimum absolute atomic E-state index is 0.129. The summed E-state index contributed by atoms with van der Waals surface area (Å²) in [5, 5.41) is 22.9. The van der Waals surface area contributed by atoms with Crippen LogP contribution in [0.3, 0.4) is 0 Å². The largest absolute Gasteiger partial charge is 0.350 e. The summed E-state index contributed by atoms with van der Waals surface area (Å²) in [7, 11) is 1.76. The number of amides is 1. The first kappa shape index (κ1) is 22.9. The number of nitrogens with one attached hydrogen (secondary N) is 1. The Morgan fingerprint density at radius 1 is 1.27 bits per heavy atom. The quantitative estimate of drug-likeness (QED) is 0.400. The van der Waals surface area contributed by atoms with E-state index in [1.807, 2.05) is 0 Å². The van der Waals surface area contributed by atoms with Gasteiger partial charge in [0.25, 0.3) is 11.6 Å². The number of fused-ring (bicyclic) bond motifs is 1. The molecular formula is C23H26N6O3S. The summed E-state index contributed by atoms with van der Waals surface area (Å²) in [6.45, 7) is 4.41. The molecule has 3 aromatic rings. The molecule has 9 nitrogen and oxygen atoms in total. The van der Waals surface area contributed by atoms with Crippen molar-refractivity contribution in [3.8, 4) is 0 Å². The average Bonchev–Trinajstić information content (AvgIpc) is 3.23. The minimum Gasteiger partial charge on any atom is -0.350 e. The van der Waals surface area contributed by atoms with E-state index in [0.29, 0.717) is 16.6 Å². The summed E-state index contributed by atoms with van der Waals surface area (Å²) in [5.74, 6) is -0.316. The number of hydrogen-bond acceptors (Lipinski definition) is 7. The molecular weight excluding hydrogens is 440 g/mol. The number of carbonyl (C=O) groups is 1. The molecule has 2 aromatic carbocycles. The third-order valence-electron chi connectivity index (χ3n) is 5.93. The van der Waals surface area contributed by atoms with Crippen molar-refractivity contribution in [3.63, 3.8) is 0 Å². The molecule has 0 aliphatic carbocycles. The SMILES string of the molecule is CCC(CNC(=O)c1ccc(Sc2nncn2C)c([N+](=O)[O-])c1)N1CCc2ccccc2C1. The van der Waals surface area contributed by atoms with Gasteiger partial charge in [-0.1, -0.05) is 31.2 Å². The molecule has 1 N–H and O–H groups in total. The van der Waals surface area contributed by atoms with Crippen LogP contribution < -0.4 is 5.32 Å². The zero-order valence-electron chi connectivity index (χ0n) is 18.6. The summed E-state index contributed by atoms with van der Waals surface area (Å²) in [4.78, 5) is 26.8. The van der Waals surface area contributed by atoms with Crippen molar-refractivity contribution in [1.29, 1.82) is 0 Å². The lowest BCUT2D eigenvalue weighted by molar-refractivity contribution is -0.387. The summed E-state index contributed by atoms with van der Waals surface area (Å²) in [6, 6.07) is 13.2. The monoisotopic (exact) mass is 466 g/mol. The van der Waals surface area contributed by atoms with E-state index in [4.69, 9.17) is 0 Å². The van der Waals surface area contributed by atoms with Gasteiger partial charge in [-0.3, -0.25) is 19.8 Å². The number of nitro benzene ring substituents is 1. The van der Waals surface area contributed by atoms with Crippen LogP contribution in [0.25, 0.3) is 0 Å². The molecule has 33 heavy (non-hydrogen) atoms. The number of hydrogen-bond donors (Lipinski definition) is 1. The highest BCUT2D eigenvalue weighted by Crippen LogP contribution is 2.34. The van der Waals surface area contributed by atoms with Crippen LogP contribution in [0, 0.1) is 10.1 Å². The molecule has 1 unspecified atom stereocenters. The average molecular weight is 467 g/mol. The molecule has 1 atom stereocenters. The topological polar surface area (TPSA) is 106 Å². The number of nitrogens with zero attached hydrogens (tertiary/aromatic N) is 5. The Balaban J connectivity index is 1.43. The molecule has 2 heterocycles. The highest BCUT2D eigenvalue weighted by atomic mass is 32.2. The highest BCUT2D eigenvalue weighted by molar-refractivity contribution is 7.99. The van der Waals surface area contributed by atoms with Crippen molar-refractivity contribution in [2.75, 3.05) is 13.1 Å². The Bertz CT molecular complexity index is 1160. The predicted molar refractivity (Wildman–Crippen MR) is 125 cm³/mol. The van der Waals surface area contributed by atoms with Crippen LogP contribution in [-0.2, 0) is 20.0 Å². The maximum atomic E-state index is 12.8. The second-order valence-corrected chi connectivity index (χ2v) is 9.04. The lowest BCUT2D eigenvalue weighted by atomic mass is 9.98. The molecule has 1 amide bonds. The molecule has 172 valence electrons. The zero-order chi connectivity index (χ0) is 23.4. The molecule has 0 fully saturated rings. The minimum atomic E-state index is -0.477. The maximum absolute atomic E-state index is 12.8. The van der Waals surface area contributed by atoms with Gasteiger partial charge in [0.2, 0.25) is 0 Å². The van der Waals surface area contributed by atoms with E-state index in [0.717, 1.165) is 37.7 Å². The van der Waals surface area contributed by atoms with E-state index >= 15 is 0 Å². The number of nitro groups is 1. The molecule has 0 bridgehead atoms. The van der Waals surface area contributed by atoms with Crippen LogP contribution in [0.15, 0.2) is 58.8 Å². The number of carbonyl (C=O) groups excluding carboxylic acids is 1. The van der Waals surface area contributed by atoms with Crippen LogP contribution in [0.2, 0.25) is 0 Å². The van der Waals surface area contributed by atoms with Gasteiger partial charge in [0.1, 0.15) is 6.33 Å². The second-order valence-electron chi connectivity index (χ2n) is 8.03. The lowest BCUT2D eigenvalue weighted by Gasteiger charge is -2.35. The Morgan fingerprint density at radius 2 is 2.06 bits per heavy atom. The number of benzene rings is 2. The molecule has 10 heteroatoms. The molecule has 0 spiro atoms. The Hall–Kier alpha value is -3.24. The number of aromatic nitrogens is 3. The van der Waals surface area contributed by atoms with Gasteiger partial charge in [0, 0.05) is 44.4 Å². The van der Waals surface area contributed by atoms with Crippen LogP contribution in [-0.4, -0.2) is 49.6 Å². The first-order chi connectivity index (χ1) is 16.0. The Morgan fingerprint density at radius 3 is 2.76 bits per heavy atom. The van der Waals surface area contributed by atoms with E-state index in [1.54, 1.807) is 23.7 Å². The molecule has 1 aliphatic rings. The second kappa shape index (κ2) is 10.1. The van der Waals surface area contributed by atoms with E-state index in [9.17, 15) is 14.9 Å². The van der Waals surface area contributed by atoms with Gasteiger partial charge in [-0.05, 0) is 47.9 Å². The van der Waals surface area contributed by atoms with Gasteiger partial charge in [-0.2, -0.15) is 0 Å². The van der Waals surface area contributed by atoms with E-state index < -0.39 is 4.92 Å². The normalized spacial score (nSPS) is 14.5. The summed E-state index contributed by atoms with van der Waals surface area (Å²) in [5.41, 5.74) is 2.86. The fourth-order valence-corrected chi connectivity index (χ4v) is 4.87. The molecule has 4 rings (SSSR count). The van der Waals surface area contributed by atoms with Crippen molar-refractivity contribution >= 4 is 23.4 Å². The summed E-state index contributed by atoms with van der Waals surface area (Å²) >= 11 is 1.14. The van der Waals surface area contributed by atoms with Gasteiger partial charge in [0.15, 0.2) is 5.16 Å². The van der Waals surface area contributed by atoms with E-state index in [-0.39, 0.29) is 23.2 Å². The van der Waals surface area contributed by atoms with Crippen molar-refractivity contribution in [2.45, 2.75) is 42.4 Å². The van der Waals surface area contributed by atoms with Gasteiger partial charge in [-0.25, -0.2) is 0 Å². The first-order valence-corrected chi connectivity index (χ1v) is 11.7. The lowest BCUT2D eigenvalue weighted by Crippen LogP contribution is -2.45. The van der Waals surface area contributed by atoms with E-state index in [1.165, 1.54) is 23.5 Å². The van der Waals surface area contributed by atoms with Crippen LogP contribution >= 0.6 is 11.8 Å². The van der Waals surface area contributed by atoms with Crippen molar-refractivity contribution in [2.24, 2.45) is 7.05 Å². The van der Waals surface area contributed by atoms with Crippen molar-refractivity contribution in [3.05, 3.63) is 75.6 Å². The van der Waals surface area contributed by atoms with Crippen molar-refractivity contribution in [1.82, 2.24) is 25.0 Å². The van der Waals surface area contributed by atoms with Crippen LogP contribution in [0.4, 0.5) is 5.69 Å². The van der Waals surface area contributed by atoms with Crippen LogP contribution in [0.1, 0.15) is 34.8 Å². The molecule has 0 saturated heterocycles. The third kappa shape index (κ3) is 5.23. The molecule has 0 radical (unpaired) electrons. The smallest absolute Gasteiger partial charge is 0.284 e. The summed E-state index contributed by atoms with van der Waals surface area (Å²) in [6.07, 6.45) is 3.43. The van der Waals surface area contributed by atoms with Gasteiger partial charge < -0.3 is 9.88 Å². The molecule has 0 saturated carbocycles. The first-order valence-electron chi connectivity index (χ1n) is 10.9. The molecule has 1 aromatic heterocycles. The zero-order valence-corrected chi connectivity index (χ0v) is 19.4. The maximum Gasteiger partial charge on any atom is 0.284 e. The van der Waals surface area contributed by atoms with Gasteiger partial charge in [-0.15, -0.1) is 10.2 Å². The Kier molecular flexibility index (Phi) is 7.05. The van der Waals surface area contributed by atoms with Crippen molar-refractivity contribution < 1.29 is 9.72 Å². The van der Waals surface area contributed by atoms with Gasteiger partial charge >= 0.3 is 0 Å². The Labute approximate surface area is 196 Å². The van der Waals surface area contributed by atoms with Crippen LogP contribution in [0.5, 0.6) is 0 Å². The fraction of sp³-hybridized carbons (Fsp3) is 0.348. The molecule has 1 aliphatic heterocycles. The third-order valence-corrected chi connectivity index (χ3v) is 7.05. The van der Waals surface area contributed by atoms with Gasteiger partial charge in [0.05, 0.1) is 9.82 Å².